The molecule has 0 N–H and O–H groups in total. The van der Waals surface area contributed by atoms with Crippen LogP contribution in [-0.2, 0) is 5.75 Å². The lowest BCUT2D eigenvalue weighted by Crippen LogP contribution is -2.21. The van der Waals surface area contributed by atoms with Gasteiger partial charge in [-0.15, -0.1) is 0 Å². The van der Waals surface area contributed by atoms with Gasteiger partial charge in [-0.05, 0) is 83.8 Å². The topological polar surface area (TPSA) is 65.1 Å². The fourth-order valence-corrected chi connectivity index (χ4v) is 5.90. The molecule has 6 heteroatoms. The first-order valence-corrected chi connectivity index (χ1v) is 14.1. The van der Waals surface area contributed by atoms with E-state index in [0.717, 1.165) is 28.6 Å². The molecule has 194 valence electrons. The summed E-state index contributed by atoms with van der Waals surface area (Å²) in [7, 11) is 0. The Kier molecular flexibility index (Phi) is 7.26. The monoisotopic (exact) mass is 524 g/mol. The molecule has 0 saturated carbocycles. The lowest BCUT2D eigenvalue weighted by molar-refractivity contribution is 0.559. The van der Waals surface area contributed by atoms with Gasteiger partial charge in [0, 0.05) is 17.2 Å². The second-order valence-electron chi connectivity index (χ2n) is 10.2. The molecule has 0 saturated heterocycles. The summed E-state index contributed by atoms with van der Waals surface area (Å²) in [6.07, 6.45) is 1.05. The molecule has 1 atom stereocenters. The summed E-state index contributed by atoms with van der Waals surface area (Å²) < 4.78 is 7.23. The highest BCUT2D eigenvalue weighted by atomic mass is 32.2. The number of nitrogens with zero attached hydrogens (tertiary/aromatic N) is 2. The van der Waals surface area contributed by atoms with E-state index < -0.39 is 0 Å². The third kappa shape index (κ3) is 4.93. The SMILES string of the molecule is CC[C@H](C)c1ccc(-n2c(SCc3cc(=O)oc4cc(C)c(C(C)C)cc34)nc3ccccc3c2=O)cc1. The van der Waals surface area contributed by atoms with E-state index in [9.17, 15) is 9.59 Å². The lowest BCUT2D eigenvalue weighted by Gasteiger charge is -2.16. The van der Waals surface area contributed by atoms with Crippen molar-refractivity contribution in [2.75, 3.05) is 0 Å². The Morgan fingerprint density at radius 1 is 0.947 bits per heavy atom. The first-order chi connectivity index (χ1) is 18.3. The number of aromatic nitrogens is 2. The highest BCUT2D eigenvalue weighted by Crippen LogP contribution is 2.31. The van der Waals surface area contributed by atoms with Gasteiger partial charge in [-0.25, -0.2) is 9.78 Å². The Hall–Kier alpha value is -3.64. The Labute approximate surface area is 226 Å². The van der Waals surface area contributed by atoms with Crippen molar-refractivity contribution in [1.29, 1.82) is 0 Å². The average Bonchev–Trinajstić information content (AvgIpc) is 2.91. The molecule has 5 aromatic rings. The highest BCUT2D eigenvalue weighted by molar-refractivity contribution is 7.98. The molecule has 0 aliphatic carbocycles. The van der Waals surface area contributed by atoms with Crippen molar-refractivity contribution in [2.24, 2.45) is 0 Å². The molecule has 5 nitrogen and oxygen atoms in total. The van der Waals surface area contributed by atoms with Gasteiger partial charge in [0.1, 0.15) is 5.58 Å². The summed E-state index contributed by atoms with van der Waals surface area (Å²) in [6.45, 7) is 10.7. The van der Waals surface area contributed by atoms with Crippen molar-refractivity contribution >= 4 is 33.6 Å². The number of fused-ring (bicyclic) bond motifs is 2. The van der Waals surface area contributed by atoms with Gasteiger partial charge in [-0.1, -0.05) is 63.7 Å². The normalized spacial score (nSPS) is 12.5. The lowest BCUT2D eigenvalue weighted by atomic mass is 9.95. The van der Waals surface area contributed by atoms with E-state index >= 15 is 0 Å². The summed E-state index contributed by atoms with van der Waals surface area (Å²) in [6, 6.07) is 21.2. The molecule has 3 aromatic carbocycles. The van der Waals surface area contributed by atoms with E-state index in [-0.39, 0.29) is 11.2 Å². The molecular weight excluding hydrogens is 492 g/mol. The summed E-state index contributed by atoms with van der Waals surface area (Å²) in [5.41, 5.74) is 5.96. The van der Waals surface area contributed by atoms with Crippen LogP contribution in [0.25, 0.3) is 27.6 Å². The van der Waals surface area contributed by atoms with Crippen molar-refractivity contribution in [3.8, 4) is 5.69 Å². The van der Waals surface area contributed by atoms with Gasteiger partial charge in [0.05, 0.1) is 16.6 Å². The highest BCUT2D eigenvalue weighted by Gasteiger charge is 2.16. The van der Waals surface area contributed by atoms with Crippen LogP contribution in [0.5, 0.6) is 0 Å². The Bertz CT molecular complexity index is 1750. The Morgan fingerprint density at radius 2 is 1.68 bits per heavy atom. The molecule has 5 rings (SSSR count). The van der Waals surface area contributed by atoms with Crippen LogP contribution in [0.1, 0.15) is 68.2 Å². The van der Waals surface area contributed by atoms with Crippen LogP contribution in [-0.4, -0.2) is 9.55 Å². The second-order valence-corrected chi connectivity index (χ2v) is 11.1. The Balaban J connectivity index is 1.62. The zero-order chi connectivity index (χ0) is 27.0. The van der Waals surface area contributed by atoms with Crippen molar-refractivity contribution in [1.82, 2.24) is 9.55 Å². The second kappa shape index (κ2) is 10.6. The van der Waals surface area contributed by atoms with Crippen LogP contribution in [0.15, 0.2) is 85.9 Å². The van der Waals surface area contributed by atoms with Crippen molar-refractivity contribution in [3.63, 3.8) is 0 Å². The minimum absolute atomic E-state index is 0.107. The maximum absolute atomic E-state index is 13.7. The molecule has 0 amide bonds. The zero-order valence-corrected chi connectivity index (χ0v) is 23.3. The molecule has 0 fully saturated rings. The van der Waals surface area contributed by atoms with Crippen LogP contribution in [0.4, 0.5) is 0 Å². The Morgan fingerprint density at radius 3 is 2.39 bits per heavy atom. The standard InChI is InChI=1S/C32H32N2O3S/c1-6-20(4)22-11-13-24(14-12-22)34-31(36)25-9-7-8-10-28(25)33-32(34)38-18-23-16-30(35)37-29-15-21(5)26(19(2)3)17-27(23)29/h7-17,19-20H,6,18H2,1-5H3/t20-/m0/s1. The number of hydrogen-bond acceptors (Lipinski definition) is 5. The van der Waals surface area contributed by atoms with E-state index in [1.165, 1.54) is 22.9 Å². The van der Waals surface area contributed by atoms with Crippen LogP contribution >= 0.6 is 11.8 Å². The van der Waals surface area contributed by atoms with Gasteiger partial charge in [-0.3, -0.25) is 9.36 Å². The number of rotatable bonds is 7. The molecule has 0 radical (unpaired) electrons. The largest absolute Gasteiger partial charge is 0.423 e. The van der Waals surface area contributed by atoms with E-state index in [1.54, 1.807) is 10.6 Å². The number of benzene rings is 3. The van der Waals surface area contributed by atoms with Gasteiger partial charge in [-0.2, -0.15) is 0 Å². The van der Waals surface area contributed by atoms with Crippen molar-refractivity contribution < 1.29 is 4.42 Å². The van der Waals surface area contributed by atoms with Crippen LogP contribution < -0.4 is 11.2 Å². The zero-order valence-electron chi connectivity index (χ0n) is 22.4. The van der Waals surface area contributed by atoms with E-state index in [2.05, 4.69) is 45.9 Å². The molecule has 0 unspecified atom stereocenters. The van der Waals surface area contributed by atoms with Gasteiger partial charge in [0.2, 0.25) is 0 Å². The molecule has 2 heterocycles. The number of para-hydroxylation sites is 1. The minimum Gasteiger partial charge on any atom is -0.423 e. The first-order valence-electron chi connectivity index (χ1n) is 13.1. The summed E-state index contributed by atoms with van der Waals surface area (Å²) >= 11 is 1.45. The molecule has 0 bridgehead atoms. The van der Waals surface area contributed by atoms with E-state index in [4.69, 9.17) is 9.40 Å². The van der Waals surface area contributed by atoms with Crippen LogP contribution in [0.2, 0.25) is 0 Å². The smallest absolute Gasteiger partial charge is 0.336 e. The molecule has 2 aromatic heterocycles. The third-order valence-electron chi connectivity index (χ3n) is 7.27. The quantitative estimate of drug-likeness (QED) is 0.124. The summed E-state index contributed by atoms with van der Waals surface area (Å²) in [5.74, 6) is 1.26. The minimum atomic E-state index is -0.380. The third-order valence-corrected chi connectivity index (χ3v) is 8.26. The predicted octanol–water partition coefficient (Wildman–Crippen LogP) is 7.73. The maximum atomic E-state index is 13.7. The molecule has 38 heavy (non-hydrogen) atoms. The first kappa shape index (κ1) is 26.0. The average molecular weight is 525 g/mol. The fourth-order valence-electron chi connectivity index (χ4n) is 4.90. The van der Waals surface area contributed by atoms with Gasteiger partial charge in [0.15, 0.2) is 5.16 Å². The molecule has 0 aliphatic rings. The number of hydrogen-bond donors (Lipinski definition) is 0. The van der Waals surface area contributed by atoms with Crippen molar-refractivity contribution in [3.05, 3.63) is 110 Å². The van der Waals surface area contributed by atoms with E-state index in [0.29, 0.717) is 39.2 Å². The van der Waals surface area contributed by atoms with Crippen LogP contribution in [0.3, 0.4) is 0 Å². The maximum Gasteiger partial charge on any atom is 0.336 e. The number of aryl methyl sites for hydroxylation is 1. The predicted molar refractivity (Wildman–Crippen MR) is 157 cm³/mol. The van der Waals surface area contributed by atoms with Gasteiger partial charge < -0.3 is 4.42 Å². The van der Waals surface area contributed by atoms with Gasteiger partial charge in [0.25, 0.3) is 5.56 Å². The van der Waals surface area contributed by atoms with Crippen molar-refractivity contribution in [2.45, 2.75) is 63.8 Å². The summed E-state index contributed by atoms with van der Waals surface area (Å²) in [4.78, 5) is 31.0. The molecular formula is C32H32N2O3S. The summed E-state index contributed by atoms with van der Waals surface area (Å²) in [5, 5.41) is 2.08. The van der Waals surface area contributed by atoms with Gasteiger partial charge >= 0.3 is 5.63 Å². The number of thioether (sulfide) groups is 1. The molecule has 0 spiro atoms. The fraction of sp³-hybridized carbons (Fsp3) is 0.281. The van der Waals surface area contributed by atoms with Crippen LogP contribution in [0, 0.1) is 6.92 Å². The van der Waals surface area contributed by atoms with E-state index in [1.807, 2.05) is 49.4 Å². The molecule has 0 aliphatic heterocycles.